The van der Waals surface area contributed by atoms with Crippen LogP contribution in [0.1, 0.15) is 11.3 Å². The maximum Gasteiger partial charge on any atom is 0.236 e. The standard InChI is InChI=1S/C18H21N3O3S2/c22-18(14-25-13-16-6-3-4-9-19-16)20-10-12-26(23,24)21-11-8-15-5-1-2-7-17(15)21/h1-7,9H,8,10-14H2,(H,20,22). The Morgan fingerprint density at radius 2 is 2.00 bits per heavy atom. The number of para-hydroxylation sites is 1. The van der Waals surface area contributed by atoms with Gasteiger partial charge in [-0.2, -0.15) is 0 Å². The van der Waals surface area contributed by atoms with Crippen molar-refractivity contribution in [2.24, 2.45) is 0 Å². The molecule has 1 aromatic carbocycles. The van der Waals surface area contributed by atoms with Crippen molar-refractivity contribution >= 4 is 33.4 Å². The number of carbonyl (C=O) groups excluding carboxylic acids is 1. The summed E-state index contributed by atoms with van der Waals surface area (Å²) in [5, 5.41) is 2.69. The fraction of sp³-hybridized carbons (Fsp3) is 0.333. The van der Waals surface area contributed by atoms with E-state index in [4.69, 9.17) is 0 Å². The highest BCUT2D eigenvalue weighted by Gasteiger charge is 2.28. The van der Waals surface area contributed by atoms with Crippen LogP contribution < -0.4 is 9.62 Å². The monoisotopic (exact) mass is 391 g/mol. The van der Waals surface area contributed by atoms with Crippen LogP contribution in [0.25, 0.3) is 0 Å². The van der Waals surface area contributed by atoms with Gasteiger partial charge in [-0.3, -0.25) is 14.1 Å². The van der Waals surface area contributed by atoms with Crippen molar-refractivity contribution in [3.8, 4) is 0 Å². The Morgan fingerprint density at radius 1 is 1.19 bits per heavy atom. The van der Waals surface area contributed by atoms with E-state index in [1.54, 1.807) is 6.20 Å². The van der Waals surface area contributed by atoms with Crippen molar-refractivity contribution in [2.45, 2.75) is 12.2 Å². The number of nitrogens with zero attached hydrogens (tertiary/aromatic N) is 2. The van der Waals surface area contributed by atoms with Gasteiger partial charge in [-0.25, -0.2) is 8.42 Å². The molecule has 0 bridgehead atoms. The molecule has 2 heterocycles. The fourth-order valence-electron chi connectivity index (χ4n) is 2.81. The molecule has 0 saturated carbocycles. The first kappa shape index (κ1) is 18.7. The molecule has 0 unspecified atom stereocenters. The van der Waals surface area contributed by atoms with Gasteiger partial charge >= 0.3 is 0 Å². The molecule has 1 aromatic heterocycles. The number of pyridine rings is 1. The van der Waals surface area contributed by atoms with Crippen LogP contribution in [0.3, 0.4) is 0 Å². The Hall–Kier alpha value is -2.06. The third kappa shape index (κ3) is 4.76. The Balaban J connectivity index is 1.42. The van der Waals surface area contributed by atoms with Crippen LogP contribution in [0.4, 0.5) is 5.69 Å². The van der Waals surface area contributed by atoms with Crippen molar-refractivity contribution in [3.63, 3.8) is 0 Å². The first-order valence-electron chi connectivity index (χ1n) is 8.39. The van der Waals surface area contributed by atoms with Gasteiger partial charge in [0.1, 0.15) is 0 Å². The third-order valence-corrected chi connectivity index (χ3v) is 6.81. The Morgan fingerprint density at radius 3 is 2.81 bits per heavy atom. The normalized spacial score (nSPS) is 13.5. The molecule has 0 spiro atoms. The highest BCUT2D eigenvalue weighted by atomic mass is 32.2. The second kappa shape index (κ2) is 8.55. The molecule has 0 saturated heterocycles. The van der Waals surface area contributed by atoms with Gasteiger partial charge in [0.15, 0.2) is 0 Å². The van der Waals surface area contributed by atoms with E-state index < -0.39 is 10.0 Å². The van der Waals surface area contributed by atoms with Crippen LogP contribution in [0.15, 0.2) is 48.7 Å². The molecule has 1 aliphatic heterocycles. The summed E-state index contributed by atoms with van der Waals surface area (Å²) >= 11 is 1.45. The molecule has 1 N–H and O–H groups in total. The fourth-order valence-corrected chi connectivity index (χ4v) is 5.01. The van der Waals surface area contributed by atoms with E-state index in [1.807, 2.05) is 42.5 Å². The second-order valence-electron chi connectivity index (χ2n) is 5.93. The van der Waals surface area contributed by atoms with Crippen LogP contribution in [0.2, 0.25) is 0 Å². The zero-order chi connectivity index (χ0) is 18.4. The van der Waals surface area contributed by atoms with E-state index in [9.17, 15) is 13.2 Å². The number of hydrogen-bond acceptors (Lipinski definition) is 5. The minimum Gasteiger partial charge on any atom is -0.354 e. The van der Waals surface area contributed by atoms with Gasteiger partial charge in [-0.1, -0.05) is 24.3 Å². The van der Waals surface area contributed by atoms with Gasteiger partial charge in [0.2, 0.25) is 15.9 Å². The molecule has 0 aliphatic carbocycles. The summed E-state index contributed by atoms with van der Waals surface area (Å²) in [4.78, 5) is 16.1. The summed E-state index contributed by atoms with van der Waals surface area (Å²) in [6, 6.07) is 13.2. The molecule has 8 heteroatoms. The molecule has 2 aromatic rings. The largest absolute Gasteiger partial charge is 0.354 e. The number of aromatic nitrogens is 1. The number of anilines is 1. The van der Waals surface area contributed by atoms with Crippen molar-refractivity contribution < 1.29 is 13.2 Å². The van der Waals surface area contributed by atoms with Gasteiger partial charge in [0, 0.05) is 25.0 Å². The number of nitrogens with one attached hydrogen (secondary N) is 1. The number of carbonyl (C=O) groups is 1. The summed E-state index contributed by atoms with van der Waals surface area (Å²) in [6.07, 6.45) is 2.45. The molecule has 0 fully saturated rings. The predicted molar refractivity (Wildman–Crippen MR) is 105 cm³/mol. The lowest BCUT2D eigenvalue weighted by molar-refractivity contribution is -0.118. The first-order chi connectivity index (χ1) is 12.6. The van der Waals surface area contributed by atoms with Crippen molar-refractivity contribution in [1.29, 1.82) is 0 Å². The number of sulfonamides is 1. The summed E-state index contributed by atoms with van der Waals surface area (Å²) in [5.41, 5.74) is 2.72. The highest BCUT2D eigenvalue weighted by molar-refractivity contribution is 7.99. The van der Waals surface area contributed by atoms with Gasteiger partial charge in [0.25, 0.3) is 0 Å². The second-order valence-corrected chi connectivity index (χ2v) is 8.93. The van der Waals surface area contributed by atoms with Crippen molar-refractivity contribution in [2.75, 3.05) is 28.9 Å². The lowest BCUT2D eigenvalue weighted by atomic mass is 10.2. The van der Waals surface area contributed by atoms with Gasteiger partial charge in [-0.05, 0) is 30.2 Å². The van der Waals surface area contributed by atoms with Crippen LogP contribution in [0, 0.1) is 0 Å². The number of benzene rings is 1. The maximum absolute atomic E-state index is 12.5. The number of fused-ring (bicyclic) bond motifs is 1. The lowest BCUT2D eigenvalue weighted by Crippen LogP contribution is -2.37. The van der Waals surface area contributed by atoms with E-state index in [1.165, 1.54) is 16.1 Å². The quantitative estimate of drug-likeness (QED) is 0.743. The van der Waals surface area contributed by atoms with Crippen molar-refractivity contribution in [1.82, 2.24) is 10.3 Å². The molecule has 1 amide bonds. The smallest absolute Gasteiger partial charge is 0.236 e. The van der Waals surface area contributed by atoms with E-state index in [0.29, 0.717) is 12.3 Å². The minimum absolute atomic E-state index is 0.0992. The summed E-state index contributed by atoms with van der Waals surface area (Å²) in [5.74, 6) is 0.668. The molecule has 0 atom stereocenters. The predicted octanol–water partition coefficient (Wildman–Crippen LogP) is 1.82. The summed E-state index contributed by atoms with van der Waals surface area (Å²) in [7, 11) is -3.43. The average molecular weight is 392 g/mol. The van der Waals surface area contributed by atoms with E-state index in [-0.39, 0.29) is 24.0 Å². The third-order valence-electron chi connectivity index (χ3n) is 4.07. The van der Waals surface area contributed by atoms with E-state index >= 15 is 0 Å². The summed E-state index contributed by atoms with van der Waals surface area (Å²) in [6.45, 7) is 0.583. The molecule has 6 nitrogen and oxygen atoms in total. The number of thioether (sulfide) groups is 1. The number of amides is 1. The van der Waals surface area contributed by atoms with E-state index in [2.05, 4.69) is 10.3 Å². The molecular formula is C18H21N3O3S2. The van der Waals surface area contributed by atoms with Crippen LogP contribution in [0.5, 0.6) is 0 Å². The van der Waals surface area contributed by atoms with Gasteiger partial charge in [0.05, 0.1) is 22.9 Å². The summed E-state index contributed by atoms with van der Waals surface area (Å²) < 4.78 is 26.5. The van der Waals surface area contributed by atoms with Crippen molar-refractivity contribution in [3.05, 3.63) is 59.9 Å². The lowest BCUT2D eigenvalue weighted by Gasteiger charge is -2.19. The van der Waals surface area contributed by atoms with Crippen LogP contribution in [-0.4, -0.2) is 43.9 Å². The molecule has 3 rings (SSSR count). The molecule has 26 heavy (non-hydrogen) atoms. The van der Waals surface area contributed by atoms with Crippen LogP contribution in [-0.2, 0) is 27.0 Å². The number of hydrogen-bond donors (Lipinski definition) is 1. The molecule has 0 radical (unpaired) electrons. The highest BCUT2D eigenvalue weighted by Crippen LogP contribution is 2.29. The number of rotatable bonds is 8. The van der Waals surface area contributed by atoms with Gasteiger partial charge in [-0.15, -0.1) is 11.8 Å². The minimum atomic E-state index is -3.43. The Labute approximate surface area is 158 Å². The topological polar surface area (TPSA) is 79.4 Å². The van der Waals surface area contributed by atoms with Crippen LogP contribution >= 0.6 is 11.8 Å². The zero-order valence-corrected chi connectivity index (χ0v) is 15.9. The van der Waals surface area contributed by atoms with Gasteiger partial charge < -0.3 is 5.32 Å². The SMILES string of the molecule is O=C(CSCc1ccccn1)NCCS(=O)(=O)N1CCc2ccccc21. The Bertz CT molecular complexity index is 857. The molecule has 138 valence electrons. The molecular weight excluding hydrogens is 370 g/mol. The maximum atomic E-state index is 12.5. The van der Waals surface area contributed by atoms with E-state index in [0.717, 1.165) is 23.4 Å². The average Bonchev–Trinajstić information content (AvgIpc) is 3.07. The molecule has 1 aliphatic rings. The Kier molecular flexibility index (Phi) is 6.16. The first-order valence-corrected chi connectivity index (χ1v) is 11.2. The zero-order valence-electron chi connectivity index (χ0n) is 14.3.